The normalized spacial score (nSPS) is 16.8. The number of piperidine rings is 1. The maximum absolute atomic E-state index is 10.7. The van der Waals surface area contributed by atoms with Gasteiger partial charge < -0.3 is 14.4 Å². The summed E-state index contributed by atoms with van der Waals surface area (Å²) in [7, 11) is 0. The standard InChI is InChI=1S/C13H15N3O4/c17-8-9-3-5-15(6-4-9)13-14-11-7-10(16(18)19)1-2-12(11)20-13/h1-2,7,9,17H,3-6,8H2. The highest BCUT2D eigenvalue weighted by Gasteiger charge is 2.22. The van der Waals surface area contributed by atoms with Gasteiger partial charge in [-0.2, -0.15) is 4.98 Å². The zero-order valence-corrected chi connectivity index (χ0v) is 10.9. The summed E-state index contributed by atoms with van der Waals surface area (Å²) in [5.41, 5.74) is 1.06. The van der Waals surface area contributed by atoms with E-state index in [1.807, 2.05) is 4.90 Å². The zero-order chi connectivity index (χ0) is 14.1. The second kappa shape index (κ2) is 5.09. The van der Waals surface area contributed by atoms with Crippen molar-refractivity contribution < 1.29 is 14.4 Å². The van der Waals surface area contributed by atoms with Crippen LogP contribution in [0.1, 0.15) is 12.8 Å². The quantitative estimate of drug-likeness (QED) is 0.680. The second-order valence-electron chi connectivity index (χ2n) is 5.02. The molecule has 1 aliphatic rings. The number of fused-ring (bicyclic) bond motifs is 1. The summed E-state index contributed by atoms with van der Waals surface area (Å²) in [5, 5.41) is 19.9. The zero-order valence-electron chi connectivity index (χ0n) is 10.9. The Bertz CT molecular complexity index is 632. The molecule has 1 N–H and O–H groups in total. The number of anilines is 1. The number of nitro benzene ring substituents is 1. The summed E-state index contributed by atoms with van der Waals surface area (Å²) in [5.74, 6) is 0.344. The molecule has 2 aromatic rings. The molecule has 0 bridgehead atoms. The molecule has 7 nitrogen and oxygen atoms in total. The molecule has 1 aromatic carbocycles. The minimum Gasteiger partial charge on any atom is -0.423 e. The van der Waals surface area contributed by atoms with Crippen molar-refractivity contribution in [3.8, 4) is 0 Å². The van der Waals surface area contributed by atoms with Gasteiger partial charge >= 0.3 is 0 Å². The highest BCUT2D eigenvalue weighted by Crippen LogP contribution is 2.28. The molecule has 20 heavy (non-hydrogen) atoms. The van der Waals surface area contributed by atoms with Gasteiger partial charge in [-0.1, -0.05) is 0 Å². The Labute approximate surface area is 115 Å². The van der Waals surface area contributed by atoms with Gasteiger partial charge in [0.1, 0.15) is 5.52 Å². The van der Waals surface area contributed by atoms with E-state index < -0.39 is 4.92 Å². The van der Waals surface area contributed by atoms with Crippen LogP contribution in [-0.4, -0.2) is 34.7 Å². The van der Waals surface area contributed by atoms with Gasteiger partial charge in [-0.3, -0.25) is 10.1 Å². The lowest BCUT2D eigenvalue weighted by Gasteiger charge is -2.29. The SMILES string of the molecule is O=[N+]([O-])c1ccc2oc(N3CCC(CO)CC3)nc2c1. The Morgan fingerprint density at radius 3 is 2.85 bits per heavy atom. The van der Waals surface area contributed by atoms with Crippen LogP contribution in [0.4, 0.5) is 11.7 Å². The minimum atomic E-state index is -0.444. The van der Waals surface area contributed by atoms with E-state index in [-0.39, 0.29) is 12.3 Å². The first-order chi connectivity index (χ1) is 9.67. The Morgan fingerprint density at radius 1 is 1.45 bits per heavy atom. The number of nitro groups is 1. The van der Waals surface area contributed by atoms with Crippen molar-refractivity contribution in [1.82, 2.24) is 4.98 Å². The summed E-state index contributed by atoms with van der Waals surface area (Å²) in [6.45, 7) is 1.77. The Hall–Kier alpha value is -2.15. The van der Waals surface area contributed by atoms with E-state index in [1.54, 1.807) is 6.07 Å². The summed E-state index contributed by atoms with van der Waals surface area (Å²) >= 11 is 0. The van der Waals surface area contributed by atoms with Gasteiger partial charge in [0.05, 0.1) is 4.92 Å². The molecule has 1 saturated heterocycles. The van der Waals surface area contributed by atoms with Gasteiger partial charge in [-0.25, -0.2) is 0 Å². The molecule has 1 aromatic heterocycles. The fourth-order valence-electron chi connectivity index (χ4n) is 2.46. The molecule has 0 amide bonds. The van der Waals surface area contributed by atoms with Crippen LogP contribution >= 0.6 is 0 Å². The van der Waals surface area contributed by atoms with Crippen molar-refractivity contribution in [3.05, 3.63) is 28.3 Å². The number of non-ortho nitro benzene ring substituents is 1. The lowest BCUT2D eigenvalue weighted by atomic mass is 9.98. The van der Waals surface area contributed by atoms with Crippen LogP contribution in [-0.2, 0) is 0 Å². The molecule has 2 heterocycles. The van der Waals surface area contributed by atoms with Crippen LogP contribution in [0.3, 0.4) is 0 Å². The van der Waals surface area contributed by atoms with E-state index >= 15 is 0 Å². The fourth-order valence-corrected chi connectivity index (χ4v) is 2.46. The van der Waals surface area contributed by atoms with Crippen molar-refractivity contribution in [2.24, 2.45) is 5.92 Å². The van der Waals surface area contributed by atoms with E-state index in [1.165, 1.54) is 12.1 Å². The van der Waals surface area contributed by atoms with E-state index in [4.69, 9.17) is 9.52 Å². The van der Waals surface area contributed by atoms with Crippen molar-refractivity contribution in [2.75, 3.05) is 24.6 Å². The van der Waals surface area contributed by atoms with Gasteiger partial charge in [0.25, 0.3) is 11.7 Å². The lowest BCUT2D eigenvalue weighted by molar-refractivity contribution is -0.384. The molecule has 0 spiro atoms. The Kier molecular flexibility index (Phi) is 3.27. The van der Waals surface area contributed by atoms with Crippen molar-refractivity contribution >= 4 is 22.8 Å². The molecule has 0 atom stereocenters. The summed E-state index contributed by atoms with van der Waals surface area (Å²) in [4.78, 5) is 16.6. The van der Waals surface area contributed by atoms with Gasteiger partial charge in [-0.05, 0) is 24.8 Å². The van der Waals surface area contributed by atoms with Crippen LogP contribution < -0.4 is 4.90 Å². The average molecular weight is 277 g/mol. The second-order valence-corrected chi connectivity index (χ2v) is 5.02. The Balaban J connectivity index is 1.84. The number of hydrogen-bond acceptors (Lipinski definition) is 6. The van der Waals surface area contributed by atoms with E-state index in [0.29, 0.717) is 23.0 Å². The number of aromatic nitrogens is 1. The largest absolute Gasteiger partial charge is 0.423 e. The topological polar surface area (TPSA) is 92.6 Å². The summed E-state index contributed by atoms with van der Waals surface area (Å²) < 4.78 is 5.64. The molecule has 0 unspecified atom stereocenters. The molecule has 1 aliphatic heterocycles. The van der Waals surface area contributed by atoms with Crippen molar-refractivity contribution in [1.29, 1.82) is 0 Å². The maximum atomic E-state index is 10.7. The highest BCUT2D eigenvalue weighted by atomic mass is 16.6. The summed E-state index contributed by atoms with van der Waals surface area (Å²) in [6.07, 6.45) is 1.80. The molecule has 106 valence electrons. The Morgan fingerprint density at radius 2 is 2.20 bits per heavy atom. The fraction of sp³-hybridized carbons (Fsp3) is 0.462. The number of nitrogens with zero attached hydrogens (tertiary/aromatic N) is 3. The first-order valence-electron chi connectivity index (χ1n) is 6.58. The molecule has 0 radical (unpaired) electrons. The van der Waals surface area contributed by atoms with Crippen LogP contribution in [0.5, 0.6) is 0 Å². The lowest BCUT2D eigenvalue weighted by Crippen LogP contribution is -2.34. The predicted octanol–water partition coefficient (Wildman–Crippen LogP) is 1.94. The number of hydrogen-bond donors (Lipinski definition) is 1. The molecule has 0 aliphatic carbocycles. The monoisotopic (exact) mass is 277 g/mol. The smallest absolute Gasteiger partial charge is 0.298 e. The van der Waals surface area contributed by atoms with Crippen LogP contribution in [0.25, 0.3) is 11.1 Å². The maximum Gasteiger partial charge on any atom is 0.298 e. The number of rotatable bonds is 3. The highest BCUT2D eigenvalue weighted by molar-refractivity contribution is 5.77. The number of benzene rings is 1. The van der Waals surface area contributed by atoms with Gasteiger partial charge in [0.15, 0.2) is 5.58 Å². The summed E-state index contributed by atoms with van der Waals surface area (Å²) in [6, 6.07) is 4.90. The molecule has 7 heteroatoms. The van der Waals surface area contributed by atoms with Crippen LogP contribution in [0, 0.1) is 16.0 Å². The van der Waals surface area contributed by atoms with Crippen LogP contribution in [0.15, 0.2) is 22.6 Å². The van der Waals surface area contributed by atoms with Gasteiger partial charge in [-0.15, -0.1) is 0 Å². The minimum absolute atomic E-state index is 0.0105. The average Bonchev–Trinajstić information content (AvgIpc) is 2.90. The van der Waals surface area contributed by atoms with Crippen molar-refractivity contribution in [2.45, 2.75) is 12.8 Å². The van der Waals surface area contributed by atoms with E-state index in [9.17, 15) is 10.1 Å². The molecular weight excluding hydrogens is 262 g/mol. The molecular formula is C13H15N3O4. The first kappa shape index (κ1) is 12.9. The van der Waals surface area contributed by atoms with Crippen LogP contribution in [0.2, 0.25) is 0 Å². The molecule has 1 fully saturated rings. The first-order valence-corrected chi connectivity index (χ1v) is 6.58. The predicted molar refractivity (Wildman–Crippen MR) is 72.7 cm³/mol. The van der Waals surface area contributed by atoms with Gasteiger partial charge in [0, 0.05) is 31.8 Å². The van der Waals surface area contributed by atoms with Gasteiger partial charge in [0.2, 0.25) is 0 Å². The number of oxazole rings is 1. The van der Waals surface area contributed by atoms with E-state index in [2.05, 4.69) is 4.98 Å². The number of aliphatic hydroxyl groups excluding tert-OH is 1. The third-order valence-corrected chi connectivity index (χ3v) is 3.71. The third-order valence-electron chi connectivity index (χ3n) is 3.71. The third kappa shape index (κ3) is 2.32. The van der Waals surface area contributed by atoms with E-state index in [0.717, 1.165) is 25.9 Å². The number of aliphatic hydroxyl groups is 1. The molecule has 3 rings (SSSR count). The van der Waals surface area contributed by atoms with Crippen molar-refractivity contribution in [3.63, 3.8) is 0 Å². The molecule has 0 saturated carbocycles.